The highest BCUT2D eigenvalue weighted by Crippen LogP contribution is 2.54. The van der Waals surface area contributed by atoms with Crippen LogP contribution in [0.4, 0.5) is 39.8 Å². The average Bonchev–Trinajstić information content (AvgIpc) is 3.25. The maximum absolute atomic E-state index is 4.63. The van der Waals surface area contributed by atoms with Crippen LogP contribution in [0.3, 0.4) is 0 Å². The zero-order valence-electron chi connectivity index (χ0n) is 32.9. The van der Waals surface area contributed by atoms with E-state index in [0.29, 0.717) is 5.92 Å². The lowest BCUT2D eigenvalue weighted by Gasteiger charge is -2.43. The van der Waals surface area contributed by atoms with Gasteiger partial charge < -0.3 is 15.1 Å². The molecule has 278 valence electrons. The highest BCUT2D eigenvalue weighted by molar-refractivity contribution is 5.91. The molecule has 3 aliphatic heterocycles. The fraction of sp³-hybridized carbons (Fsp3) is 0.151. The minimum Gasteiger partial charge on any atom is -0.358 e. The molecule has 1 N–H and O–H groups in total. The van der Waals surface area contributed by atoms with Crippen LogP contribution in [-0.2, 0) is 10.8 Å². The van der Waals surface area contributed by atoms with Gasteiger partial charge in [0.05, 0.1) is 11.4 Å². The third kappa shape index (κ3) is 5.78. The van der Waals surface area contributed by atoms with Gasteiger partial charge in [-0.15, -0.1) is 0 Å². The molecule has 4 heteroatoms. The topological polar surface area (TPSA) is 30.9 Å². The first kappa shape index (κ1) is 34.8. The van der Waals surface area contributed by atoms with Crippen molar-refractivity contribution in [2.45, 2.75) is 38.5 Å². The number of aliphatic imine (C=N–C) groups is 1. The van der Waals surface area contributed by atoms with Gasteiger partial charge in [-0.25, -0.2) is 0 Å². The predicted octanol–water partition coefficient (Wildman–Crippen LogP) is 13.9. The van der Waals surface area contributed by atoms with Crippen molar-refractivity contribution >= 4 is 46.0 Å². The van der Waals surface area contributed by atoms with Crippen molar-refractivity contribution in [3.05, 3.63) is 198 Å². The molecule has 0 radical (unpaired) electrons. The Morgan fingerprint density at radius 3 is 1.95 bits per heavy atom. The number of anilines is 7. The summed E-state index contributed by atoms with van der Waals surface area (Å²) in [5.41, 5.74) is 17.9. The Morgan fingerprint density at radius 1 is 0.561 bits per heavy atom. The summed E-state index contributed by atoms with van der Waals surface area (Å²) >= 11 is 0. The van der Waals surface area contributed by atoms with Crippen LogP contribution in [0, 0.1) is 5.92 Å². The summed E-state index contributed by atoms with van der Waals surface area (Å²) in [6, 6.07) is 62.0. The van der Waals surface area contributed by atoms with Gasteiger partial charge in [-0.2, -0.15) is 0 Å². The zero-order chi connectivity index (χ0) is 38.7. The SMILES string of the molecule is CC1(C)c2ccccc2N(c2cccc(-c3cccc4c3NC3=CC=NCC3C4(C)C)c2)c2ccc(-c3ccc(N(c4ccccc4)c4ccccc4)cc3)cc21. The number of allylic oxidation sites excluding steroid dienone is 1. The Morgan fingerprint density at radius 2 is 1.19 bits per heavy atom. The van der Waals surface area contributed by atoms with Crippen LogP contribution >= 0.6 is 0 Å². The molecule has 3 heterocycles. The van der Waals surface area contributed by atoms with Gasteiger partial charge in [0.2, 0.25) is 0 Å². The fourth-order valence-electron chi connectivity index (χ4n) is 9.43. The largest absolute Gasteiger partial charge is 0.358 e. The van der Waals surface area contributed by atoms with Gasteiger partial charge in [-0.1, -0.05) is 131 Å². The lowest BCUT2D eigenvalue weighted by atomic mass is 9.67. The van der Waals surface area contributed by atoms with Gasteiger partial charge in [0.25, 0.3) is 0 Å². The molecule has 0 bridgehead atoms. The number of nitrogens with one attached hydrogen (secondary N) is 1. The van der Waals surface area contributed by atoms with Crippen LogP contribution in [0.5, 0.6) is 0 Å². The molecular formula is C53H46N4. The number of hydrogen-bond acceptors (Lipinski definition) is 4. The van der Waals surface area contributed by atoms with Crippen LogP contribution in [-0.4, -0.2) is 12.8 Å². The molecule has 1 atom stereocenters. The quantitative estimate of drug-likeness (QED) is 0.184. The van der Waals surface area contributed by atoms with E-state index in [2.05, 4.69) is 224 Å². The van der Waals surface area contributed by atoms with E-state index in [4.69, 9.17) is 0 Å². The van der Waals surface area contributed by atoms with E-state index in [1.54, 1.807) is 0 Å². The van der Waals surface area contributed by atoms with Crippen molar-refractivity contribution in [3.8, 4) is 22.3 Å². The van der Waals surface area contributed by atoms with E-state index in [0.717, 1.165) is 29.3 Å². The Kier molecular flexibility index (Phi) is 8.26. The predicted molar refractivity (Wildman–Crippen MR) is 240 cm³/mol. The molecule has 4 nitrogen and oxygen atoms in total. The molecule has 1 unspecified atom stereocenters. The second-order valence-corrected chi connectivity index (χ2v) is 16.6. The van der Waals surface area contributed by atoms with Crippen molar-refractivity contribution in [3.63, 3.8) is 0 Å². The maximum Gasteiger partial charge on any atom is 0.0503 e. The Hall–Kier alpha value is -6.65. The molecule has 0 aliphatic carbocycles. The molecule has 0 spiro atoms. The molecule has 57 heavy (non-hydrogen) atoms. The number of para-hydroxylation sites is 4. The molecule has 0 saturated carbocycles. The first-order chi connectivity index (χ1) is 27.8. The summed E-state index contributed by atoms with van der Waals surface area (Å²) in [4.78, 5) is 9.40. The van der Waals surface area contributed by atoms with E-state index in [1.807, 2.05) is 6.21 Å². The standard InChI is InChI=1S/C53H46N4/c1-52(2)44-22-11-12-24-49(44)57(42-20-13-15-38(33-42)43-21-14-23-45-51(43)55-48-31-32-54-35-47(48)53(45,3)4)50-30-27-37(34-46(50)52)36-25-28-41(29-26-36)56(39-16-7-5-8-17-39)40-18-9-6-10-19-40/h5-34,47,55H,35H2,1-4H3. The molecule has 0 fully saturated rings. The van der Waals surface area contributed by atoms with Crippen LogP contribution in [0.25, 0.3) is 22.3 Å². The lowest BCUT2D eigenvalue weighted by molar-refractivity contribution is 0.364. The minimum absolute atomic E-state index is 0.0463. The summed E-state index contributed by atoms with van der Waals surface area (Å²) in [5.74, 6) is 0.336. The van der Waals surface area contributed by atoms with Crippen molar-refractivity contribution in [2.24, 2.45) is 10.9 Å². The smallest absolute Gasteiger partial charge is 0.0503 e. The van der Waals surface area contributed by atoms with Crippen molar-refractivity contribution in [1.29, 1.82) is 0 Å². The Balaban J connectivity index is 1.05. The zero-order valence-corrected chi connectivity index (χ0v) is 32.9. The normalized spacial score (nSPS) is 16.9. The minimum atomic E-state index is -0.213. The van der Waals surface area contributed by atoms with E-state index >= 15 is 0 Å². The Labute approximate surface area is 336 Å². The van der Waals surface area contributed by atoms with Crippen molar-refractivity contribution in [2.75, 3.05) is 21.7 Å². The lowest BCUT2D eigenvalue weighted by Crippen LogP contribution is -2.40. The molecule has 7 aromatic carbocycles. The van der Waals surface area contributed by atoms with Gasteiger partial charge in [0, 0.05) is 69.2 Å². The summed E-state index contributed by atoms with van der Waals surface area (Å²) in [7, 11) is 0. The number of hydrogen-bond donors (Lipinski definition) is 1. The second kappa shape index (κ2) is 13.5. The second-order valence-electron chi connectivity index (χ2n) is 16.6. The summed E-state index contributed by atoms with van der Waals surface area (Å²) in [6.45, 7) is 10.3. The highest BCUT2D eigenvalue weighted by atomic mass is 15.2. The molecule has 0 saturated heterocycles. The molecule has 0 amide bonds. The molecular weight excluding hydrogens is 693 g/mol. The monoisotopic (exact) mass is 738 g/mol. The van der Waals surface area contributed by atoms with Gasteiger partial charge in [-0.05, 0) is 106 Å². The number of rotatable bonds is 6. The fourth-order valence-corrected chi connectivity index (χ4v) is 9.43. The average molecular weight is 739 g/mol. The van der Waals surface area contributed by atoms with Crippen LogP contribution in [0.1, 0.15) is 44.4 Å². The third-order valence-corrected chi connectivity index (χ3v) is 12.6. The third-order valence-electron chi connectivity index (χ3n) is 12.6. The summed E-state index contributed by atoms with van der Waals surface area (Å²) < 4.78 is 0. The van der Waals surface area contributed by atoms with E-state index in [-0.39, 0.29) is 10.8 Å². The highest BCUT2D eigenvalue weighted by Gasteiger charge is 2.41. The van der Waals surface area contributed by atoms with Crippen LogP contribution in [0.15, 0.2) is 187 Å². The Bertz CT molecular complexity index is 2650. The van der Waals surface area contributed by atoms with Gasteiger partial charge in [0.15, 0.2) is 0 Å². The van der Waals surface area contributed by atoms with Crippen LogP contribution < -0.4 is 15.1 Å². The molecule has 0 aromatic heterocycles. The number of nitrogens with zero attached hydrogens (tertiary/aromatic N) is 3. The number of benzene rings is 7. The van der Waals surface area contributed by atoms with E-state index < -0.39 is 0 Å². The van der Waals surface area contributed by atoms with Gasteiger partial charge in [-0.3, -0.25) is 4.99 Å². The number of dihydropyridines is 1. The number of fused-ring (bicyclic) bond motifs is 4. The first-order valence-electron chi connectivity index (χ1n) is 20.0. The van der Waals surface area contributed by atoms with Crippen LogP contribution in [0.2, 0.25) is 0 Å². The van der Waals surface area contributed by atoms with Gasteiger partial charge >= 0.3 is 0 Å². The van der Waals surface area contributed by atoms with Crippen molar-refractivity contribution < 1.29 is 0 Å². The van der Waals surface area contributed by atoms with E-state index in [1.165, 1.54) is 61.7 Å². The van der Waals surface area contributed by atoms with Crippen molar-refractivity contribution in [1.82, 2.24) is 0 Å². The van der Waals surface area contributed by atoms with E-state index in [9.17, 15) is 0 Å². The first-order valence-corrected chi connectivity index (χ1v) is 20.0. The molecule has 7 aromatic rings. The molecule has 3 aliphatic rings. The maximum atomic E-state index is 4.63. The summed E-state index contributed by atoms with van der Waals surface area (Å²) in [5, 5.41) is 3.86. The molecule has 10 rings (SSSR count). The van der Waals surface area contributed by atoms with Gasteiger partial charge in [0.1, 0.15) is 0 Å². The summed E-state index contributed by atoms with van der Waals surface area (Å²) in [6.07, 6.45) is 4.10.